The van der Waals surface area contributed by atoms with Crippen LogP contribution in [0.5, 0.6) is 0 Å². The van der Waals surface area contributed by atoms with Gasteiger partial charge in [-0.25, -0.2) is 4.79 Å². The van der Waals surface area contributed by atoms with Crippen LogP contribution in [0.3, 0.4) is 0 Å². The molecule has 1 saturated heterocycles. The van der Waals surface area contributed by atoms with E-state index >= 15 is 0 Å². The summed E-state index contributed by atoms with van der Waals surface area (Å²) in [5, 5.41) is 31.5. The number of rotatable bonds is 47. The molecule has 6 atom stereocenters. The average Bonchev–Trinajstić information content (AvgIpc) is 3.39. The summed E-state index contributed by atoms with van der Waals surface area (Å²) in [6.45, 7) is 5.60. The molecule has 1 heterocycles. The van der Waals surface area contributed by atoms with E-state index in [1.807, 2.05) is 0 Å². The fourth-order valence-electron chi connectivity index (χ4n) is 8.00. The minimum atomic E-state index is -1.92. The van der Waals surface area contributed by atoms with Gasteiger partial charge < -0.3 is 39.0 Å². The largest absolute Gasteiger partial charge is 0.479 e. The van der Waals surface area contributed by atoms with Crippen LogP contribution in [0.4, 0.5) is 0 Å². The number of hydrogen-bond acceptors (Lipinski definition) is 11. The molecule has 1 fully saturated rings. The second kappa shape index (κ2) is 50.2. The van der Waals surface area contributed by atoms with Gasteiger partial charge in [0, 0.05) is 19.3 Å². The molecular formula is C63H100O12. The fraction of sp³-hybridized carbons (Fsp3) is 0.651. The zero-order valence-corrected chi connectivity index (χ0v) is 46.5. The van der Waals surface area contributed by atoms with Crippen LogP contribution >= 0.6 is 0 Å². The van der Waals surface area contributed by atoms with E-state index in [1.165, 1.54) is 0 Å². The van der Waals surface area contributed by atoms with Crippen molar-refractivity contribution in [1.29, 1.82) is 0 Å². The maximum Gasteiger partial charge on any atom is 0.335 e. The molecule has 12 heteroatoms. The van der Waals surface area contributed by atoms with Crippen molar-refractivity contribution >= 4 is 23.9 Å². The number of hydrogen-bond donors (Lipinski definition) is 3. The van der Waals surface area contributed by atoms with Crippen molar-refractivity contribution in [3.8, 4) is 0 Å². The number of allylic oxidation sites excluding steroid dienone is 18. The van der Waals surface area contributed by atoms with Gasteiger partial charge in [0.25, 0.3) is 0 Å². The third kappa shape index (κ3) is 40.3. The lowest BCUT2D eigenvalue weighted by atomic mass is 9.98. The number of unbranched alkanes of at least 4 members (excludes halogenated alkanes) is 15. The standard InChI is InChI=1S/C63H100O12/c1-4-7-10-13-16-19-22-25-28-31-34-37-40-43-46-49-55(64)71-52-54(73-56(65)50-47-44-41-38-35-32-29-26-23-20-17-14-11-8-5-2)53-72-63-61(59(68)58(67)60(75-63)62(69)70)74-57(66)51-48-45-42-39-36-33-30-27-24-21-18-15-12-9-6-3/h7-12,16-21,25-30,54,58-61,63,67-68H,4-6,13-15,22-24,31-53H2,1-3H3,(H,69,70)/b10-7-,11-8-,12-9-,19-16-,20-17-,21-18-,28-25-,29-26-,30-27-. The van der Waals surface area contributed by atoms with E-state index in [0.717, 1.165) is 154 Å². The van der Waals surface area contributed by atoms with Crippen LogP contribution in [0, 0.1) is 0 Å². The molecule has 6 unspecified atom stereocenters. The molecule has 1 aliphatic rings. The number of carboxylic acids is 1. The molecule has 12 nitrogen and oxygen atoms in total. The van der Waals surface area contributed by atoms with Crippen molar-refractivity contribution in [2.45, 2.75) is 250 Å². The van der Waals surface area contributed by atoms with E-state index in [1.54, 1.807) is 0 Å². The molecule has 1 aliphatic heterocycles. The Labute approximate surface area is 453 Å². The molecule has 0 radical (unpaired) electrons. The van der Waals surface area contributed by atoms with E-state index in [-0.39, 0.29) is 25.9 Å². The van der Waals surface area contributed by atoms with Gasteiger partial charge in [0.05, 0.1) is 6.61 Å². The average molecular weight is 1050 g/mol. The van der Waals surface area contributed by atoms with Gasteiger partial charge in [-0.05, 0) is 116 Å². The van der Waals surface area contributed by atoms with Crippen LogP contribution < -0.4 is 0 Å². The molecule has 0 aromatic heterocycles. The van der Waals surface area contributed by atoms with Crippen molar-refractivity contribution in [3.63, 3.8) is 0 Å². The highest BCUT2D eigenvalue weighted by atomic mass is 16.7. The van der Waals surface area contributed by atoms with E-state index in [0.29, 0.717) is 19.3 Å². The van der Waals surface area contributed by atoms with Crippen molar-refractivity contribution in [2.24, 2.45) is 0 Å². The summed E-state index contributed by atoms with van der Waals surface area (Å²) in [6.07, 6.45) is 54.8. The lowest BCUT2D eigenvalue weighted by molar-refractivity contribution is -0.301. The Hall–Kier alpha value is -4.62. The maximum absolute atomic E-state index is 13.1. The topological polar surface area (TPSA) is 175 Å². The predicted molar refractivity (Wildman–Crippen MR) is 303 cm³/mol. The lowest BCUT2D eigenvalue weighted by Crippen LogP contribution is -2.61. The van der Waals surface area contributed by atoms with Gasteiger partial charge in [0.2, 0.25) is 0 Å². The summed E-state index contributed by atoms with van der Waals surface area (Å²) >= 11 is 0. The zero-order chi connectivity index (χ0) is 54.7. The molecule has 0 bridgehead atoms. The molecule has 1 rings (SSSR count). The fourth-order valence-corrected chi connectivity index (χ4v) is 8.00. The quantitative estimate of drug-likeness (QED) is 0.0228. The van der Waals surface area contributed by atoms with E-state index in [9.17, 15) is 34.5 Å². The van der Waals surface area contributed by atoms with E-state index in [4.69, 9.17) is 23.7 Å². The monoisotopic (exact) mass is 1050 g/mol. The van der Waals surface area contributed by atoms with Crippen molar-refractivity contribution in [1.82, 2.24) is 0 Å². The molecule has 0 saturated carbocycles. The van der Waals surface area contributed by atoms with E-state index < -0.39 is 67.3 Å². The van der Waals surface area contributed by atoms with Gasteiger partial charge in [-0.1, -0.05) is 188 Å². The number of carbonyl (C=O) groups is 4. The Balaban J connectivity index is 2.74. The summed E-state index contributed by atoms with van der Waals surface area (Å²) in [7, 11) is 0. The number of ether oxygens (including phenoxy) is 5. The zero-order valence-electron chi connectivity index (χ0n) is 46.5. The first-order chi connectivity index (χ1) is 36.6. The highest BCUT2D eigenvalue weighted by molar-refractivity contribution is 5.74. The third-order valence-corrected chi connectivity index (χ3v) is 12.3. The Bertz CT molecular complexity index is 1720. The lowest BCUT2D eigenvalue weighted by Gasteiger charge is -2.40. The first kappa shape index (κ1) is 68.4. The van der Waals surface area contributed by atoms with Crippen molar-refractivity contribution in [3.05, 3.63) is 109 Å². The van der Waals surface area contributed by atoms with Gasteiger partial charge in [0.1, 0.15) is 18.8 Å². The van der Waals surface area contributed by atoms with Gasteiger partial charge >= 0.3 is 23.9 Å². The van der Waals surface area contributed by atoms with Crippen LogP contribution in [-0.2, 0) is 42.9 Å². The number of aliphatic hydroxyl groups excluding tert-OH is 2. The SMILES string of the molecule is CC/C=C\C/C=C\C/C=C\CCCCCCCC(=O)OCC(COC1OC(C(=O)O)C(O)C(O)C1OC(=O)CCCCCCC/C=C\C/C=C\C/C=C\CC)OC(=O)CCCCCCC/C=C\C/C=C\C/C=C\CC. The van der Waals surface area contributed by atoms with Gasteiger partial charge in [0.15, 0.2) is 24.6 Å². The normalized spacial score (nSPS) is 19.0. The number of aliphatic carboxylic acids is 1. The van der Waals surface area contributed by atoms with Gasteiger partial charge in [-0.15, -0.1) is 0 Å². The second-order valence-electron chi connectivity index (χ2n) is 19.1. The second-order valence-corrected chi connectivity index (χ2v) is 19.1. The smallest absolute Gasteiger partial charge is 0.335 e. The molecule has 424 valence electrons. The number of carboxylic acid groups (broad SMARTS) is 1. The highest BCUT2D eigenvalue weighted by Gasteiger charge is 2.50. The molecule has 0 aromatic carbocycles. The van der Waals surface area contributed by atoms with Crippen molar-refractivity contribution < 1.29 is 58.2 Å². The Morgan fingerprint density at radius 3 is 1.21 bits per heavy atom. The Morgan fingerprint density at radius 2 is 0.800 bits per heavy atom. The third-order valence-electron chi connectivity index (χ3n) is 12.3. The number of carbonyl (C=O) groups excluding carboxylic acids is 3. The predicted octanol–water partition coefficient (Wildman–Crippen LogP) is 14.7. The van der Waals surface area contributed by atoms with Crippen LogP contribution in [0.2, 0.25) is 0 Å². The number of aliphatic hydroxyl groups is 2. The molecular weight excluding hydrogens is 949 g/mol. The first-order valence-corrected chi connectivity index (χ1v) is 28.9. The minimum Gasteiger partial charge on any atom is -0.479 e. The number of esters is 3. The van der Waals surface area contributed by atoms with Crippen LogP contribution in [0.25, 0.3) is 0 Å². The summed E-state index contributed by atoms with van der Waals surface area (Å²) in [5.41, 5.74) is 0. The minimum absolute atomic E-state index is 0.0317. The summed E-state index contributed by atoms with van der Waals surface area (Å²) < 4.78 is 28.4. The van der Waals surface area contributed by atoms with Crippen LogP contribution in [0.1, 0.15) is 213 Å². The molecule has 0 amide bonds. The van der Waals surface area contributed by atoms with Crippen LogP contribution in [0.15, 0.2) is 109 Å². The first-order valence-electron chi connectivity index (χ1n) is 28.9. The van der Waals surface area contributed by atoms with Crippen LogP contribution in [-0.4, -0.2) is 89.2 Å². The van der Waals surface area contributed by atoms with E-state index in [2.05, 4.69) is 130 Å². The highest BCUT2D eigenvalue weighted by Crippen LogP contribution is 2.26. The summed E-state index contributed by atoms with van der Waals surface area (Å²) in [5.74, 6) is -3.20. The van der Waals surface area contributed by atoms with Gasteiger partial charge in [-0.2, -0.15) is 0 Å². The maximum atomic E-state index is 13.1. The molecule has 0 spiro atoms. The Morgan fingerprint density at radius 1 is 0.440 bits per heavy atom. The Kier molecular flexibility index (Phi) is 45.8. The summed E-state index contributed by atoms with van der Waals surface area (Å²) in [4.78, 5) is 51.1. The van der Waals surface area contributed by atoms with Crippen molar-refractivity contribution in [2.75, 3.05) is 13.2 Å². The summed E-state index contributed by atoms with van der Waals surface area (Å²) in [6, 6.07) is 0. The molecule has 0 aromatic rings. The molecule has 0 aliphatic carbocycles. The molecule has 75 heavy (non-hydrogen) atoms. The van der Waals surface area contributed by atoms with Gasteiger partial charge in [-0.3, -0.25) is 14.4 Å². The molecule has 3 N–H and O–H groups in total.